The van der Waals surface area contributed by atoms with Gasteiger partial charge in [0.1, 0.15) is 0 Å². The highest BCUT2D eigenvalue weighted by Crippen LogP contribution is 2.57. The Balaban J connectivity index is 1.97. The van der Waals surface area contributed by atoms with Crippen molar-refractivity contribution < 1.29 is 0 Å². The van der Waals surface area contributed by atoms with Gasteiger partial charge in [0.05, 0.1) is 7.85 Å². The lowest BCUT2D eigenvalue weighted by Gasteiger charge is -2.40. The number of aliphatic imine (C=N–C) groups is 1. The molecule has 2 nitrogen and oxygen atoms in total. The molecule has 0 bridgehead atoms. The molecule has 18 heavy (non-hydrogen) atoms. The summed E-state index contributed by atoms with van der Waals surface area (Å²) in [6.07, 6.45) is 5.03. The van der Waals surface area contributed by atoms with E-state index < -0.39 is 0 Å². The van der Waals surface area contributed by atoms with Gasteiger partial charge in [0.25, 0.3) is 0 Å². The second-order valence-corrected chi connectivity index (χ2v) is 7.17. The van der Waals surface area contributed by atoms with E-state index in [9.17, 15) is 0 Å². The van der Waals surface area contributed by atoms with Crippen LogP contribution in [0.3, 0.4) is 0 Å². The van der Waals surface area contributed by atoms with Gasteiger partial charge in [-0.1, -0.05) is 20.4 Å². The summed E-state index contributed by atoms with van der Waals surface area (Å²) < 4.78 is 0. The highest BCUT2D eigenvalue weighted by molar-refractivity contribution is 8.01. The number of allylic oxidation sites excluding steroid dienone is 1. The third-order valence-corrected chi connectivity index (χ3v) is 6.67. The molecule has 3 heterocycles. The molecule has 0 saturated carbocycles. The minimum absolute atomic E-state index is 0.145. The lowest BCUT2D eigenvalue weighted by atomic mass is 9.69. The molecule has 3 aliphatic rings. The highest BCUT2D eigenvalue weighted by atomic mass is 32.2. The third kappa shape index (κ3) is 1.65. The number of piperidine rings is 1. The van der Waals surface area contributed by atoms with Crippen LogP contribution in [-0.4, -0.2) is 36.5 Å². The normalized spacial score (nSPS) is 46.8. The SMILES string of the molecule is [B]C1CC2SC3C(=CN=C(C=C)C3C)C2(C)CN1. The van der Waals surface area contributed by atoms with Crippen LogP contribution in [0.4, 0.5) is 0 Å². The van der Waals surface area contributed by atoms with Gasteiger partial charge in [-0.2, -0.15) is 0 Å². The van der Waals surface area contributed by atoms with Gasteiger partial charge in [0.2, 0.25) is 0 Å². The van der Waals surface area contributed by atoms with E-state index in [2.05, 4.69) is 48.7 Å². The van der Waals surface area contributed by atoms with Crippen molar-refractivity contribution in [3.8, 4) is 0 Å². The molecule has 94 valence electrons. The maximum atomic E-state index is 6.04. The molecule has 0 spiro atoms. The first kappa shape index (κ1) is 12.6. The molecule has 0 aliphatic carbocycles. The van der Waals surface area contributed by atoms with Crippen LogP contribution in [0, 0.1) is 11.3 Å². The van der Waals surface area contributed by atoms with Crippen LogP contribution >= 0.6 is 11.8 Å². The average Bonchev–Trinajstić information content (AvgIpc) is 2.64. The second-order valence-electron chi connectivity index (χ2n) is 5.82. The van der Waals surface area contributed by atoms with E-state index in [1.807, 2.05) is 6.08 Å². The van der Waals surface area contributed by atoms with Crippen LogP contribution in [0.2, 0.25) is 0 Å². The van der Waals surface area contributed by atoms with Crippen molar-refractivity contribution in [1.29, 1.82) is 0 Å². The van der Waals surface area contributed by atoms with E-state index in [1.54, 1.807) is 0 Å². The largest absolute Gasteiger partial charge is 0.322 e. The number of fused-ring (bicyclic) bond motifs is 3. The van der Waals surface area contributed by atoms with Crippen molar-refractivity contribution >= 4 is 25.3 Å². The number of nitrogens with one attached hydrogen (secondary N) is 1. The van der Waals surface area contributed by atoms with Crippen LogP contribution in [0.15, 0.2) is 29.4 Å². The molecule has 0 amide bonds. The Morgan fingerprint density at radius 1 is 1.67 bits per heavy atom. The summed E-state index contributed by atoms with van der Waals surface area (Å²) in [5.74, 6) is 0.609. The molecule has 4 heteroatoms. The lowest BCUT2D eigenvalue weighted by Crippen LogP contribution is -2.50. The Hall–Kier alpha value is -0.475. The molecule has 5 atom stereocenters. The van der Waals surface area contributed by atoms with Crippen LogP contribution in [0.1, 0.15) is 20.3 Å². The second kappa shape index (κ2) is 4.27. The fourth-order valence-electron chi connectivity index (χ4n) is 3.36. The summed E-state index contributed by atoms with van der Waals surface area (Å²) >= 11 is 2.09. The van der Waals surface area contributed by atoms with Gasteiger partial charge in [-0.15, -0.1) is 11.8 Å². The van der Waals surface area contributed by atoms with E-state index in [1.165, 1.54) is 5.57 Å². The first-order valence-electron chi connectivity index (χ1n) is 6.61. The summed E-state index contributed by atoms with van der Waals surface area (Å²) in [5.41, 5.74) is 2.83. The van der Waals surface area contributed by atoms with Gasteiger partial charge >= 0.3 is 0 Å². The molecule has 0 aromatic rings. The van der Waals surface area contributed by atoms with Gasteiger partial charge in [0.15, 0.2) is 0 Å². The van der Waals surface area contributed by atoms with Crippen LogP contribution in [-0.2, 0) is 0 Å². The van der Waals surface area contributed by atoms with Crippen LogP contribution in [0.25, 0.3) is 0 Å². The molecular weight excluding hydrogens is 239 g/mol. The predicted octanol–water partition coefficient (Wildman–Crippen LogP) is 2.13. The van der Waals surface area contributed by atoms with E-state index in [0.717, 1.165) is 18.7 Å². The number of rotatable bonds is 1. The number of nitrogens with zero attached hydrogens (tertiary/aromatic N) is 1. The molecule has 5 unspecified atom stereocenters. The molecule has 2 saturated heterocycles. The summed E-state index contributed by atoms with van der Waals surface area (Å²) in [6, 6.07) is 0. The monoisotopic (exact) mass is 258 g/mol. The summed E-state index contributed by atoms with van der Waals surface area (Å²) in [4.78, 5) is 4.59. The van der Waals surface area contributed by atoms with Crippen molar-refractivity contribution in [2.24, 2.45) is 16.3 Å². The van der Waals surface area contributed by atoms with Crippen molar-refractivity contribution in [2.45, 2.75) is 36.7 Å². The maximum Gasteiger partial charge on any atom is 0.0907 e. The fourth-order valence-corrected chi connectivity index (χ4v) is 5.41. The quantitative estimate of drug-likeness (QED) is 0.729. The van der Waals surface area contributed by atoms with Crippen molar-refractivity contribution in [1.82, 2.24) is 5.32 Å². The Kier molecular flexibility index (Phi) is 2.98. The van der Waals surface area contributed by atoms with Gasteiger partial charge in [-0.25, -0.2) is 0 Å². The minimum Gasteiger partial charge on any atom is -0.322 e. The summed E-state index contributed by atoms with van der Waals surface area (Å²) in [7, 11) is 6.04. The van der Waals surface area contributed by atoms with E-state index in [0.29, 0.717) is 16.4 Å². The van der Waals surface area contributed by atoms with Crippen LogP contribution < -0.4 is 5.32 Å². The smallest absolute Gasteiger partial charge is 0.0907 e. The number of hydrogen-bond acceptors (Lipinski definition) is 3. The molecule has 3 rings (SSSR count). The minimum atomic E-state index is 0.145. The van der Waals surface area contributed by atoms with Crippen molar-refractivity contribution in [2.75, 3.05) is 6.54 Å². The molecule has 2 radical (unpaired) electrons. The molecule has 0 aromatic heterocycles. The average molecular weight is 258 g/mol. The number of thioether (sulfide) groups is 1. The molecule has 0 aromatic carbocycles. The van der Waals surface area contributed by atoms with Gasteiger partial charge < -0.3 is 5.32 Å². The van der Waals surface area contributed by atoms with Crippen LogP contribution in [0.5, 0.6) is 0 Å². The first-order chi connectivity index (χ1) is 8.56. The zero-order valence-electron chi connectivity index (χ0n) is 11.0. The molecule has 3 aliphatic heterocycles. The highest BCUT2D eigenvalue weighted by Gasteiger charge is 2.53. The van der Waals surface area contributed by atoms with Gasteiger partial charge in [-0.05, 0) is 24.0 Å². The lowest BCUT2D eigenvalue weighted by molar-refractivity contribution is 0.289. The third-order valence-electron chi connectivity index (χ3n) is 4.67. The van der Waals surface area contributed by atoms with Gasteiger partial charge in [-0.3, -0.25) is 4.99 Å². The topological polar surface area (TPSA) is 24.4 Å². The Morgan fingerprint density at radius 3 is 3.17 bits per heavy atom. The maximum absolute atomic E-state index is 6.04. The zero-order valence-corrected chi connectivity index (χ0v) is 11.8. The predicted molar refractivity (Wildman–Crippen MR) is 80.3 cm³/mol. The van der Waals surface area contributed by atoms with E-state index >= 15 is 0 Å². The Bertz CT molecular complexity index is 445. The standard InChI is InChI=1S/C14H19BN2S/c1-4-10-8(2)13-9(6-16-10)14(3)7-17-12(15)5-11(14)18-13/h4,6,8,11-13,17H,1,5,7H2,2-3H3. The first-order valence-corrected chi connectivity index (χ1v) is 7.55. The zero-order chi connectivity index (χ0) is 12.9. The summed E-state index contributed by atoms with van der Waals surface area (Å²) in [5, 5.41) is 4.59. The summed E-state index contributed by atoms with van der Waals surface area (Å²) in [6.45, 7) is 9.46. The Morgan fingerprint density at radius 2 is 2.44 bits per heavy atom. The molecule has 2 fully saturated rings. The fraction of sp³-hybridized carbons (Fsp3) is 0.643. The van der Waals surface area contributed by atoms with E-state index in [4.69, 9.17) is 7.85 Å². The Labute approximate surface area is 115 Å². The van der Waals surface area contributed by atoms with Crippen molar-refractivity contribution in [3.63, 3.8) is 0 Å². The molecule has 1 N–H and O–H groups in total. The van der Waals surface area contributed by atoms with Crippen molar-refractivity contribution in [3.05, 3.63) is 24.4 Å². The molecular formula is C14H19BN2S. The number of hydrogen-bond donors (Lipinski definition) is 1. The van der Waals surface area contributed by atoms with E-state index in [-0.39, 0.29) is 11.4 Å². The van der Waals surface area contributed by atoms with Gasteiger partial charge in [0, 0.05) is 40.3 Å².